The Labute approximate surface area is 93.4 Å². The van der Waals surface area contributed by atoms with E-state index in [2.05, 4.69) is 15.7 Å². The predicted octanol–water partition coefficient (Wildman–Crippen LogP) is 2.78. The standard InChI is InChI=1S/C11H14N2OS/c1-2-9-11(15-13-12-9)10(14)8-6-4-3-5-7-8/h6H,2-5,7H2,1H3. The first-order chi connectivity index (χ1) is 7.33. The molecule has 3 nitrogen and oxygen atoms in total. The zero-order chi connectivity index (χ0) is 10.7. The van der Waals surface area contributed by atoms with E-state index in [0.29, 0.717) is 0 Å². The topological polar surface area (TPSA) is 42.9 Å². The average Bonchev–Trinajstić information content (AvgIpc) is 2.77. The van der Waals surface area contributed by atoms with E-state index in [1.165, 1.54) is 18.0 Å². The first-order valence-corrected chi connectivity index (χ1v) is 6.15. The van der Waals surface area contributed by atoms with E-state index in [0.717, 1.165) is 41.8 Å². The second kappa shape index (κ2) is 4.66. The van der Waals surface area contributed by atoms with Crippen LogP contribution in [0.5, 0.6) is 0 Å². The quantitative estimate of drug-likeness (QED) is 0.738. The summed E-state index contributed by atoms with van der Waals surface area (Å²) in [7, 11) is 0. The van der Waals surface area contributed by atoms with Gasteiger partial charge in [-0.25, -0.2) is 0 Å². The third-order valence-corrected chi connectivity index (χ3v) is 3.45. The van der Waals surface area contributed by atoms with Gasteiger partial charge in [0.05, 0.1) is 5.69 Å². The fourth-order valence-electron chi connectivity index (χ4n) is 1.80. The number of rotatable bonds is 3. The van der Waals surface area contributed by atoms with Gasteiger partial charge in [-0.3, -0.25) is 4.79 Å². The summed E-state index contributed by atoms with van der Waals surface area (Å²) in [5, 5.41) is 3.97. The van der Waals surface area contributed by atoms with Crippen LogP contribution >= 0.6 is 11.5 Å². The maximum atomic E-state index is 12.1. The van der Waals surface area contributed by atoms with E-state index in [4.69, 9.17) is 0 Å². The van der Waals surface area contributed by atoms with Gasteiger partial charge in [-0.2, -0.15) is 0 Å². The SMILES string of the molecule is CCc1nnsc1C(=O)C1=CCCCC1. The molecule has 4 heteroatoms. The first kappa shape index (κ1) is 10.5. The predicted molar refractivity (Wildman–Crippen MR) is 60.2 cm³/mol. The van der Waals surface area contributed by atoms with Gasteiger partial charge in [-0.15, -0.1) is 5.10 Å². The van der Waals surface area contributed by atoms with Crippen molar-refractivity contribution >= 4 is 17.3 Å². The Bertz CT molecular complexity index is 395. The molecule has 0 spiro atoms. The lowest BCUT2D eigenvalue weighted by Crippen LogP contribution is -2.07. The molecule has 0 bridgehead atoms. The van der Waals surface area contributed by atoms with E-state index >= 15 is 0 Å². The molecule has 0 aliphatic heterocycles. The van der Waals surface area contributed by atoms with Crippen LogP contribution in [0.25, 0.3) is 0 Å². The van der Waals surface area contributed by atoms with Crippen molar-refractivity contribution in [2.45, 2.75) is 39.0 Å². The lowest BCUT2D eigenvalue weighted by atomic mass is 9.95. The Balaban J connectivity index is 2.23. The highest BCUT2D eigenvalue weighted by molar-refractivity contribution is 7.08. The number of hydrogen-bond donors (Lipinski definition) is 0. The Morgan fingerprint density at radius 1 is 1.53 bits per heavy atom. The molecule has 0 aromatic carbocycles. The normalized spacial score (nSPS) is 16.2. The van der Waals surface area contributed by atoms with E-state index in [1.807, 2.05) is 6.92 Å². The second-order valence-corrected chi connectivity index (χ2v) is 4.46. The summed E-state index contributed by atoms with van der Waals surface area (Å²) in [6.07, 6.45) is 7.15. The number of ketones is 1. The molecule has 0 N–H and O–H groups in total. The summed E-state index contributed by atoms with van der Waals surface area (Å²) in [6, 6.07) is 0. The molecule has 2 rings (SSSR count). The second-order valence-electron chi connectivity index (χ2n) is 3.71. The summed E-state index contributed by atoms with van der Waals surface area (Å²) in [5.41, 5.74) is 1.80. The molecular formula is C11H14N2OS. The van der Waals surface area contributed by atoms with Crippen LogP contribution in [0.1, 0.15) is 48.0 Å². The van der Waals surface area contributed by atoms with E-state index in [1.54, 1.807) is 0 Å². The number of aryl methyl sites for hydroxylation is 1. The molecule has 0 fully saturated rings. The van der Waals surface area contributed by atoms with Gasteiger partial charge in [0.25, 0.3) is 0 Å². The first-order valence-electron chi connectivity index (χ1n) is 5.38. The molecule has 0 amide bonds. The van der Waals surface area contributed by atoms with Crippen LogP contribution in [-0.4, -0.2) is 15.4 Å². The highest BCUT2D eigenvalue weighted by Gasteiger charge is 2.19. The number of nitrogens with zero attached hydrogens (tertiary/aromatic N) is 2. The van der Waals surface area contributed by atoms with Crippen molar-refractivity contribution in [2.75, 3.05) is 0 Å². The molecule has 1 aromatic heterocycles. The van der Waals surface area contributed by atoms with Crippen LogP contribution in [0, 0.1) is 0 Å². The Morgan fingerprint density at radius 3 is 3.07 bits per heavy atom. The van der Waals surface area contributed by atoms with Gasteiger partial charge in [0.2, 0.25) is 5.78 Å². The molecule has 80 valence electrons. The molecule has 1 aromatic rings. The minimum Gasteiger partial charge on any atom is -0.288 e. The van der Waals surface area contributed by atoms with E-state index in [-0.39, 0.29) is 5.78 Å². The molecule has 0 atom stereocenters. The maximum Gasteiger partial charge on any atom is 0.202 e. The monoisotopic (exact) mass is 222 g/mol. The minimum atomic E-state index is 0.154. The van der Waals surface area contributed by atoms with Crippen molar-refractivity contribution in [3.05, 3.63) is 22.2 Å². The van der Waals surface area contributed by atoms with Crippen LogP contribution in [0.3, 0.4) is 0 Å². The third kappa shape index (κ3) is 2.15. The number of hydrogen-bond acceptors (Lipinski definition) is 4. The van der Waals surface area contributed by atoms with Crippen molar-refractivity contribution in [1.82, 2.24) is 9.59 Å². The van der Waals surface area contributed by atoms with Gasteiger partial charge in [-0.05, 0) is 49.2 Å². The Kier molecular flexibility index (Phi) is 3.26. The summed E-state index contributed by atoms with van der Waals surface area (Å²) in [5.74, 6) is 0.154. The molecule has 1 aliphatic carbocycles. The van der Waals surface area contributed by atoms with Crippen molar-refractivity contribution < 1.29 is 4.79 Å². The minimum absolute atomic E-state index is 0.154. The number of aromatic nitrogens is 2. The fraction of sp³-hybridized carbons (Fsp3) is 0.545. The van der Waals surface area contributed by atoms with Gasteiger partial charge in [0, 0.05) is 0 Å². The van der Waals surface area contributed by atoms with Crippen molar-refractivity contribution in [3.8, 4) is 0 Å². The fourth-order valence-corrected chi connectivity index (χ4v) is 2.53. The van der Waals surface area contributed by atoms with Gasteiger partial charge in [0.15, 0.2) is 0 Å². The highest BCUT2D eigenvalue weighted by Crippen LogP contribution is 2.24. The molecule has 0 saturated carbocycles. The number of Topliss-reactive ketones (excluding diaryl/α,β-unsaturated/α-hetero) is 1. The number of carbonyl (C=O) groups excluding carboxylic acids is 1. The van der Waals surface area contributed by atoms with E-state index < -0.39 is 0 Å². The highest BCUT2D eigenvalue weighted by atomic mass is 32.1. The van der Waals surface area contributed by atoms with Crippen LogP contribution in [0.15, 0.2) is 11.6 Å². The average molecular weight is 222 g/mol. The lowest BCUT2D eigenvalue weighted by molar-refractivity contribution is 0.103. The molecule has 0 unspecified atom stereocenters. The molecular weight excluding hydrogens is 208 g/mol. The maximum absolute atomic E-state index is 12.1. The third-order valence-electron chi connectivity index (χ3n) is 2.68. The molecule has 0 radical (unpaired) electrons. The van der Waals surface area contributed by atoms with E-state index in [9.17, 15) is 4.79 Å². The van der Waals surface area contributed by atoms with Crippen LogP contribution in [0.2, 0.25) is 0 Å². The van der Waals surface area contributed by atoms with Crippen LogP contribution in [0.4, 0.5) is 0 Å². The smallest absolute Gasteiger partial charge is 0.202 e. The summed E-state index contributed by atoms with van der Waals surface area (Å²) >= 11 is 1.22. The van der Waals surface area contributed by atoms with Crippen molar-refractivity contribution in [2.24, 2.45) is 0 Å². The molecule has 0 saturated heterocycles. The van der Waals surface area contributed by atoms with Gasteiger partial charge < -0.3 is 0 Å². The Morgan fingerprint density at radius 2 is 2.40 bits per heavy atom. The zero-order valence-corrected chi connectivity index (χ0v) is 9.64. The van der Waals surface area contributed by atoms with Gasteiger partial charge >= 0.3 is 0 Å². The van der Waals surface area contributed by atoms with Gasteiger partial charge in [-0.1, -0.05) is 17.5 Å². The summed E-state index contributed by atoms with van der Waals surface area (Å²) < 4.78 is 3.85. The lowest BCUT2D eigenvalue weighted by Gasteiger charge is -2.10. The largest absolute Gasteiger partial charge is 0.288 e. The summed E-state index contributed by atoms with van der Waals surface area (Å²) in [4.78, 5) is 12.8. The number of allylic oxidation sites excluding steroid dienone is 2. The summed E-state index contributed by atoms with van der Waals surface area (Å²) in [6.45, 7) is 2.00. The van der Waals surface area contributed by atoms with Crippen LogP contribution < -0.4 is 0 Å². The van der Waals surface area contributed by atoms with Crippen molar-refractivity contribution in [3.63, 3.8) is 0 Å². The molecule has 15 heavy (non-hydrogen) atoms. The van der Waals surface area contributed by atoms with Crippen LogP contribution in [-0.2, 0) is 6.42 Å². The zero-order valence-electron chi connectivity index (χ0n) is 8.82. The molecule has 1 aliphatic rings. The van der Waals surface area contributed by atoms with Crippen molar-refractivity contribution in [1.29, 1.82) is 0 Å². The Hall–Kier alpha value is -1.03. The number of carbonyl (C=O) groups is 1. The van der Waals surface area contributed by atoms with Gasteiger partial charge in [0.1, 0.15) is 4.88 Å². The molecule has 1 heterocycles.